The van der Waals surface area contributed by atoms with E-state index in [1.165, 1.54) is 28.0 Å². The molecular formula is C33H33ClF2N4O3S. The molecule has 1 atom stereocenters. The first kappa shape index (κ1) is 31.6. The third-order valence-electron chi connectivity index (χ3n) is 7.21. The van der Waals surface area contributed by atoms with Gasteiger partial charge in [0.25, 0.3) is 17.9 Å². The Balaban J connectivity index is 1.75. The molecule has 7 nitrogen and oxygen atoms in total. The van der Waals surface area contributed by atoms with Gasteiger partial charge in [0.2, 0.25) is 0 Å². The first-order valence-corrected chi connectivity index (χ1v) is 15.6. The summed E-state index contributed by atoms with van der Waals surface area (Å²) in [5, 5.41) is 5.83. The molecule has 0 saturated carbocycles. The van der Waals surface area contributed by atoms with Gasteiger partial charge in [0, 0.05) is 48.2 Å². The number of hydrogen-bond donors (Lipinski definition) is 1. The highest BCUT2D eigenvalue weighted by Gasteiger charge is 2.28. The summed E-state index contributed by atoms with van der Waals surface area (Å²) < 4.78 is 33.4. The van der Waals surface area contributed by atoms with E-state index in [4.69, 9.17) is 21.3 Å². The molecule has 1 aliphatic rings. The summed E-state index contributed by atoms with van der Waals surface area (Å²) in [4.78, 5) is 35.2. The highest BCUT2D eigenvalue weighted by atomic mass is 35.5. The summed E-state index contributed by atoms with van der Waals surface area (Å²) in [6.45, 7) is 9.78. The van der Waals surface area contributed by atoms with Crippen LogP contribution in [-0.2, 0) is 0 Å². The Labute approximate surface area is 263 Å². The van der Waals surface area contributed by atoms with Gasteiger partial charge in [0.05, 0.1) is 39.8 Å². The fourth-order valence-corrected chi connectivity index (χ4v) is 6.18. The van der Waals surface area contributed by atoms with Gasteiger partial charge < -0.3 is 15.0 Å². The van der Waals surface area contributed by atoms with Gasteiger partial charge in [-0.05, 0) is 52.0 Å². The molecule has 0 bridgehead atoms. The van der Waals surface area contributed by atoms with Crippen molar-refractivity contribution in [3.63, 3.8) is 0 Å². The number of nitrogens with zero attached hydrogens (tertiary/aromatic N) is 3. The smallest absolute Gasteiger partial charge is 0.265 e. The van der Waals surface area contributed by atoms with Crippen molar-refractivity contribution in [1.82, 2.24) is 19.8 Å². The van der Waals surface area contributed by atoms with E-state index in [1.54, 1.807) is 46.7 Å². The molecule has 5 rings (SSSR count). The zero-order valence-electron chi connectivity index (χ0n) is 24.9. The molecule has 1 N–H and O–H groups in total. The van der Waals surface area contributed by atoms with Gasteiger partial charge >= 0.3 is 0 Å². The van der Waals surface area contributed by atoms with Crippen molar-refractivity contribution >= 4 is 34.9 Å². The van der Waals surface area contributed by atoms with Crippen LogP contribution in [0, 0.1) is 0 Å². The maximum absolute atomic E-state index is 14.4. The van der Waals surface area contributed by atoms with Gasteiger partial charge in [-0.15, -0.1) is 11.3 Å². The number of rotatable bonds is 8. The van der Waals surface area contributed by atoms with Crippen LogP contribution < -0.4 is 15.6 Å². The van der Waals surface area contributed by atoms with Crippen molar-refractivity contribution in [3.8, 4) is 33.3 Å². The molecule has 2 aromatic carbocycles. The van der Waals surface area contributed by atoms with E-state index in [0.29, 0.717) is 70.2 Å². The first-order chi connectivity index (χ1) is 21.1. The molecule has 0 spiro atoms. The van der Waals surface area contributed by atoms with Crippen LogP contribution in [0.4, 0.5) is 8.78 Å². The number of allylic oxidation sites excluding steroid dienone is 1. The number of benzene rings is 2. The molecule has 11 heteroatoms. The number of ether oxygens (including phenoxy) is 1. The molecule has 1 amide bonds. The summed E-state index contributed by atoms with van der Waals surface area (Å²) in [7, 11) is 0. The number of carbonyl (C=O) groups excluding carboxylic acids is 1. The number of alkyl halides is 2. The molecular weight excluding hydrogens is 606 g/mol. The van der Waals surface area contributed by atoms with Gasteiger partial charge in [-0.25, -0.2) is 13.8 Å². The highest BCUT2D eigenvalue weighted by Crippen LogP contribution is 2.33. The monoisotopic (exact) mass is 638 g/mol. The lowest BCUT2D eigenvalue weighted by Crippen LogP contribution is -2.51. The average molecular weight is 639 g/mol. The third-order valence-corrected chi connectivity index (χ3v) is 8.41. The van der Waals surface area contributed by atoms with Crippen LogP contribution in [0.1, 0.15) is 55.7 Å². The van der Waals surface area contributed by atoms with Crippen LogP contribution in [0.3, 0.4) is 0 Å². The van der Waals surface area contributed by atoms with Crippen molar-refractivity contribution in [2.45, 2.75) is 40.2 Å². The normalized spacial score (nSPS) is 15.0. The molecule has 230 valence electrons. The minimum Gasteiger partial charge on any atom is -0.494 e. The second-order valence-corrected chi connectivity index (χ2v) is 12.1. The van der Waals surface area contributed by atoms with Gasteiger partial charge in [-0.2, -0.15) is 0 Å². The van der Waals surface area contributed by atoms with E-state index in [2.05, 4.69) is 5.32 Å². The topological polar surface area (TPSA) is 76.5 Å². The van der Waals surface area contributed by atoms with E-state index in [9.17, 15) is 18.4 Å². The Morgan fingerprint density at radius 1 is 1.20 bits per heavy atom. The third kappa shape index (κ3) is 6.62. The van der Waals surface area contributed by atoms with Gasteiger partial charge in [0.1, 0.15) is 10.8 Å². The number of carbonyl (C=O) groups is 1. The molecule has 44 heavy (non-hydrogen) atoms. The van der Waals surface area contributed by atoms with Crippen molar-refractivity contribution in [1.29, 1.82) is 0 Å². The largest absolute Gasteiger partial charge is 0.494 e. The fraction of sp³-hybridized carbons (Fsp3) is 0.303. The Kier molecular flexibility index (Phi) is 9.62. The molecule has 1 saturated heterocycles. The standard InChI is InChI=1S/C33H33ClF2N4O3S/c1-5-43-23-10-11-26(34)29(15-23)40-28(14-19(2)3)24(32(41)39-13-12-37-20(4)17-39)16-25(33(40)42)31-38-27(18-44-31)21-6-8-22(9-7-21)30(35)36/h6-11,14-16,18,20,30,37H,5,12-13,17H2,1-4H3/t20-/m0/s1. The Morgan fingerprint density at radius 3 is 2.61 bits per heavy atom. The van der Waals surface area contributed by atoms with Crippen LogP contribution in [0.2, 0.25) is 5.02 Å². The van der Waals surface area contributed by atoms with Crippen LogP contribution >= 0.6 is 22.9 Å². The maximum atomic E-state index is 14.4. The highest BCUT2D eigenvalue weighted by molar-refractivity contribution is 7.13. The Morgan fingerprint density at radius 2 is 1.95 bits per heavy atom. The lowest BCUT2D eigenvalue weighted by Gasteiger charge is -2.32. The van der Waals surface area contributed by atoms with Crippen LogP contribution in [0.15, 0.2) is 64.3 Å². The zero-order chi connectivity index (χ0) is 31.5. The second-order valence-electron chi connectivity index (χ2n) is 10.8. The number of nitrogens with one attached hydrogen (secondary N) is 1. The van der Waals surface area contributed by atoms with Crippen molar-refractivity contribution < 1.29 is 18.3 Å². The summed E-state index contributed by atoms with van der Waals surface area (Å²) in [6.07, 6.45) is -0.763. The van der Waals surface area contributed by atoms with Crippen LogP contribution in [0.5, 0.6) is 5.75 Å². The summed E-state index contributed by atoms with van der Waals surface area (Å²) in [5.41, 5.74) is 2.90. The summed E-state index contributed by atoms with van der Waals surface area (Å²) in [5.74, 6) is 0.317. The number of thiazole rings is 1. The molecule has 4 aromatic rings. The van der Waals surface area contributed by atoms with Crippen molar-refractivity contribution in [2.24, 2.45) is 0 Å². The number of halogens is 3. The maximum Gasteiger partial charge on any atom is 0.265 e. The summed E-state index contributed by atoms with van der Waals surface area (Å²) >= 11 is 7.96. The van der Waals surface area contributed by atoms with E-state index < -0.39 is 12.0 Å². The van der Waals surface area contributed by atoms with Crippen LogP contribution in [-0.4, -0.2) is 52.6 Å². The predicted octanol–water partition coefficient (Wildman–Crippen LogP) is 7.47. The molecule has 1 fully saturated rings. The van der Waals surface area contributed by atoms with Crippen LogP contribution in [0.25, 0.3) is 33.6 Å². The van der Waals surface area contributed by atoms with Crippen molar-refractivity contribution in [3.05, 3.63) is 91.7 Å². The minimum atomic E-state index is -2.57. The lowest BCUT2D eigenvalue weighted by atomic mass is 10.0. The van der Waals surface area contributed by atoms with Gasteiger partial charge in [0.15, 0.2) is 0 Å². The molecule has 0 aliphatic carbocycles. The molecule has 0 unspecified atom stereocenters. The number of amides is 1. The second kappa shape index (κ2) is 13.4. The van der Waals surface area contributed by atoms with Crippen molar-refractivity contribution in [2.75, 3.05) is 26.2 Å². The lowest BCUT2D eigenvalue weighted by molar-refractivity contribution is 0.0708. The zero-order valence-corrected chi connectivity index (χ0v) is 26.4. The molecule has 2 aromatic heterocycles. The number of hydrogen-bond acceptors (Lipinski definition) is 6. The molecule has 3 heterocycles. The van der Waals surface area contributed by atoms with Gasteiger partial charge in [-0.1, -0.05) is 41.4 Å². The first-order valence-electron chi connectivity index (χ1n) is 14.3. The van der Waals surface area contributed by atoms with E-state index in [1.807, 2.05) is 33.8 Å². The fourth-order valence-electron chi connectivity index (χ4n) is 5.15. The summed E-state index contributed by atoms with van der Waals surface area (Å²) in [6, 6.07) is 12.7. The average Bonchev–Trinajstić information content (AvgIpc) is 3.48. The number of piperazine rings is 1. The van der Waals surface area contributed by atoms with E-state index >= 15 is 0 Å². The minimum absolute atomic E-state index is 0.0847. The molecule has 0 radical (unpaired) electrons. The van der Waals surface area contributed by atoms with E-state index in [-0.39, 0.29) is 23.1 Å². The SMILES string of the molecule is CCOc1ccc(Cl)c(-n2c(C=C(C)C)c(C(=O)N3CCN[C@@H](C)C3)cc(-c3nc(-c4ccc(C(F)F)cc4)cs3)c2=O)c1. The predicted molar refractivity (Wildman–Crippen MR) is 172 cm³/mol. The Hall–Kier alpha value is -3.86. The Bertz CT molecular complexity index is 1760. The quantitative estimate of drug-likeness (QED) is 0.217. The van der Waals surface area contributed by atoms with Gasteiger partial charge in [-0.3, -0.25) is 14.2 Å². The molecule has 1 aliphatic heterocycles. The van der Waals surface area contributed by atoms with E-state index in [0.717, 1.165) is 5.57 Å². The number of pyridine rings is 1. The number of aromatic nitrogens is 2.